The molecule has 1 aliphatic rings. The molecule has 94 valence electrons. The molecule has 0 bridgehead atoms. The molecule has 1 rings (SSSR count). The SMILES string of the molecule is CC1CCC(NC(=O)CSC(C)(C)C)CC1. The fourth-order valence-electron chi connectivity index (χ4n) is 1.96. The van der Waals surface area contributed by atoms with Gasteiger partial charge in [-0.2, -0.15) is 0 Å². The van der Waals surface area contributed by atoms with Crippen molar-refractivity contribution in [2.45, 2.75) is 64.2 Å². The molecule has 2 nitrogen and oxygen atoms in total. The van der Waals surface area contributed by atoms with Gasteiger partial charge in [0.05, 0.1) is 5.75 Å². The van der Waals surface area contributed by atoms with Gasteiger partial charge in [0, 0.05) is 10.8 Å². The maximum atomic E-state index is 11.7. The van der Waals surface area contributed by atoms with E-state index in [1.165, 1.54) is 12.8 Å². The maximum Gasteiger partial charge on any atom is 0.230 e. The van der Waals surface area contributed by atoms with Crippen LogP contribution in [0.1, 0.15) is 53.4 Å². The average Bonchev–Trinajstić information content (AvgIpc) is 2.18. The highest BCUT2D eigenvalue weighted by Gasteiger charge is 2.20. The Morgan fingerprint density at radius 3 is 2.31 bits per heavy atom. The molecule has 0 unspecified atom stereocenters. The second kappa shape index (κ2) is 5.95. The van der Waals surface area contributed by atoms with Crippen molar-refractivity contribution in [3.63, 3.8) is 0 Å². The Morgan fingerprint density at radius 2 is 1.81 bits per heavy atom. The van der Waals surface area contributed by atoms with Gasteiger partial charge in [-0.05, 0) is 31.6 Å². The van der Waals surface area contributed by atoms with E-state index >= 15 is 0 Å². The van der Waals surface area contributed by atoms with Gasteiger partial charge in [0.2, 0.25) is 5.91 Å². The van der Waals surface area contributed by atoms with Gasteiger partial charge in [-0.25, -0.2) is 0 Å². The Morgan fingerprint density at radius 1 is 1.25 bits per heavy atom. The van der Waals surface area contributed by atoms with Crippen LogP contribution in [0.2, 0.25) is 0 Å². The van der Waals surface area contributed by atoms with Crippen molar-refractivity contribution in [2.24, 2.45) is 5.92 Å². The fraction of sp³-hybridized carbons (Fsp3) is 0.923. The van der Waals surface area contributed by atoms with Gasteiger partial charge >= 0.3 is 0 Å². The predicted octanol–water partition coefficient (Wildman–Crippen LogP) is 3.21. The van der Waals surface area contributed by atoms with Gasteiger partial charge in [-0.15, -0.1) is 11.8 Å². The van der Waals surface area contributed by atoms with Gasteiger partial charge in [-0.1, -0.05) is 27.7 Å². The summed E-state index contributed by atoms with van der Waals surface area (Å²) in [5.41, 5.74) is 0. The lowest BCUT2D eigenvalue weighted by Crippen LogP contribution is -2.38. The van der Waals surface area contributed by atoms with Crippen molar-refractivity contribution in [1.82, 2.24) is 5.32 Å². The molecule has 1 fully saturated rings. The highest BCUT2D eigenvalue weighted by atomic mass is 32.2. The van der Waals surface area contributed by atoms with Crippen LogP contribution in [0, 0.1) is 5.92 Å². The minimum Gasteiger partial charge on any atom is -0.353 e. The molecule has 0 spiro atoms. The predicted molar refractivity (Wildman–Crippen MR) is 71.8 cm³/mol. The Kier molecular flexibility index (Phi) is 5.16. The number of amides is 1. The summed E-state index contributed by atoms with van der Waals surface area (Å²) < 4.78 is 0.179. The molecule has 3 heteroatoms. The summed E-state index contributed by atoms with van der Waals surface area (Å²) in [6, 6.07) is 0.435. The third-order valence-corrected chi connectivity index (χ3v) is 4.29. The molecule has 0 heterocycles. The van der Waals surface area contributed by atoms with Crippen molar-refractivity contribution in [3.8, 4) is 0 Å². The largest absolute Gasteiger partial charge is 0.353 e. The van der Waals surface area contributed by atoms with E-state index in [0.29, 0.717) is 11.8 Å². The van der Waals surface area contributed by atoms with E-state index in [4.69, 9.17) is 0 Å². The summed E-state index contributed by atoms with van der Waals surface area (Å²) >= 11 is 1.72. The Labute approximate surface area is 104 Å². The topological polar surface area (TPSA) is 29.1 Å². The van der Waals surface area contributed by atoms with Crippen LogP contribution >= 0.6 is 11.8 Å². The van der Waals surface area contributed by atoms with Crippen LogP contribution < -0.4 is 5.32 Å². The molecule has 1 saturated carbocycles. The lowest BCUT2D eigenvalue weighted by Gasteiger charge is -2.27. The van der Waals surface area contributed by atoms with Crippen molar-refractivity contribution < 1.29 is 4.79 Å². The molecule has 0 saturated heterocycles. The Bertz CT molecular complexity index is 227. The van der Waals surface area contributed by atoms with Gasteiger partial charge in [0.1, 0.15) is 0 Å². The number of hydrogen-bond donors (Lipinski definition) is 1. The zero-order valence-corrected chi connectivity index (χ0v) is 11.8. The normalized spacial score (nSPS) is 26.5. The molecule has 0 radical (unpaired) electrons. The van der Waals surface area contributed by atoms with E-state index in [0.717, 1.165) is 18.8 Å². The van der Waals surface area contributed by atoms with Crippen LogP contribution in [0.15, 0.2) is 0 Å². The van der Waals surface area contributed by atoms with Gasteiger partial charge in [0.15, 0.2) is 0 Å². The molecule has 0 aromatic heterocycles. The minimum absolute atomic E-state index is 0.179. The van der Waals surface area contributed by atoms with E-state index < -0.39 is 0 Å². The van der Waals surface area contributed by atoms with Crippen LogP contribution in [0.25, 0.3) is 0 Å². The van der Waals surface area contributed by atoms with Gasteiger partial charge in [-0.3, -0.25) is 4.79 Å². The Hall–Kier alpha value is -0.180. The standard InChI is InChI=1S/C13H25NOS/c1-10-5-7-11(8-6-10)14-12(15)9-16-13(2,3)4/h10-11H,5-9H2,1-4H3,(H,14,15). The van der Waals surface area contributed by atoms with E-state index in [1.54, 1.807) is 11.8 Å². The number of thioether (sulfide) groups is 1. The number of nitrogens with one attached hydrogen (secondary N) is 1. The van der Waals surface area contributed by atoms with Crippen LogP contribution in [0.4, 0.5) is 0 Å². The average molecular weight is 243 g/mol. The van der Waals surface area contributed by atoms with Crippen LogP contribution in [-0.2, 0) is 4.79 Å². The molecule has 16 heavy (non-hydrogen) atoms. The van der Waals surface area contributed by atoms with E-state index in [2.05, 4.69) is 33.0 Å². The minimum atomic E-state index is 0.179. The molecular weight excluding hydrogens is 218 g/mol. The van der Waals surface area contributed by atoms with Crippen molar-refractivity contribution in [3.05, 3.63) is 0 Å². The first-order chi connectivity index (χ1) is 7.37. The number of carbonyl (C=O) groups is 1. The highest BCUT2D eigenvalue weighted by molar-refractivity contribution is 8.01. The number of carbonyl (C=O) groups excluding carboxylic acids is 1. The zero-order chi connectivity index (χ0) is 12.2. The van der Waals surface area contributed by atoms with Gasteiger partial charge < -0.3 is 5.32 Å². The first-order valence-corrected chi connectivity index (χ1v) is 7.29. The molecule has 0 aliphatic heterocycles. The quantitative estimate of drug-likeness (QED) is 0.824. The summed E-state index contributed by atoms with van der Waals surface area (Å²) in [6.45, 7) is 8.74. The first kappa shape index (κ1) is 13.9. The van der Waals surface area contributed by atoms with Crippen LogP contribution in [-0.4, -0.2) is 22.4 Å². The lowest BCUT2D eigenvalue weighted by atomic mass is 9.87. The van der Waals surface area contributed by atoms with E-state index in [-0.39, 0.29) is 10.7 Å². The fourth-order valence-corrected chi connectivity index (χ4v) is 2.60. The summed E-state index contributed by atoms with van der Waals surface area (Å²) in [7, 11) is 0. The second-order valence-electron chi connectivity index (χ2n) is 5.93. The second-order valence-corrected chi connectivity index (χ2v) is 7.73. The summed E-state index contributed by atoms with van der Waals surface area (Å²) in [5, 5.41) is 3.15. The molecule has 1 aliphatic carbocycles. The molecule has 1 N–H and O–H groups in total. The van der Waals surface area contributed by atoms with E-state index in [1.807, 2.05) is 0 Å². The highest BCUT2D eigenvalue weighted by Crippen LogP contribution is 2.25. The Balaban J connectivity index is 2.19. The lowest BCUT2D eigenvalue weighted by molar-refractivity contribution is -0.119. The van der Waals surface area contributed by atoms with Crippen LogP contribution in [0.3, 0.4) is 0 Å². The monoisotopic (exact) mass is 243 g/mol. The summed E-state index contributed by atoms with van der Waals surface area (Å²) in [4.78, 5) is 11.7. The third-order valence-electron chi connectivity index (χ3n) is 3.02. The molecule has 1 amide bonds. The van der Waals surface area contributed by atoms with Crippen LogP contribution in [0.5, 0.6) is 0 Å². The molecule has 0 aromatic rings. The molecule has 0 atom stereocenters. The smallest absolute Gasteiger partial charge is 0.230 e. The maximum absolute atomic E-state index is 11.7. The number of hydrogen-bond acceptors (Lipinski definition) is 2. The van der Waals surface area contributed by atoms with E-state index in [9.17, 15) is 4.79 Å². The third kappa shape index (κ3) is 5.78. The first-order valence-electron chi connectivity index (χ1n) is 6.30. The summed E-state index contributed by atoms with van der Waals surface area (Å²) in [5.74, 6) is 1.65. The van der Waals surface area contributed by atoms with Crippen molar-refractivity contribution in [1.29, 1.82) is 0 Å². The van der Waals surface area contributed by atoms with Crippen molar-refractivity contribution in [2.75, 3.05) is 5.75 Å². The summed E-state index contributed by atoms with van der Waals surface area (Å²) in [6.07, 6.45) is 4.84. The molecule has 0 aromatic carbocycles. The van der Waals surface area contributed by atoms with Gasteiger partial charge in [0.25, 0.3) is 0 Å². The van der Waals surface area contributed by atoms with Crippen molar-refractivity contribution >= 4 is 17.7 Å². The zero-order valence-electron chi connectivity index (χ0n) is 11.0. The molecular formula is C13H25NOS. The number of rotatable bonds is 3.